The van der Waals surface area contributed by atoms with Gasteiger partial charge in [0.1, 0.15) is 11.5 Å². The number of hydrogen-bond donors (Lipinski definition) is 2. The third-order valence-electron chi connectivity index (χ3n) is 8.62. The number of aryl methyl sites for hydroxylation is 2. The molecule has 3 atom stereocenters. The minimum atomic E-state index is -0.124. The van der Waals surface area contributed by atoms with Gasteiger partial charge in [-0.2, -0.15) is 0 Å². The van der Waals surface area contributed by atoms with Crippen molar-refractivity contribution < 1.29 is 10.2 Å². The number of aromatic hydroxyl groups is 2. The number of hydrogen-bond acceptors (Lipinski definition) is 2. The molecule has 1 fully saturated rings. The standard InChI is InChI=1S/C32H48O2/c1-19(2)22-12-13-32(11,24-18-27(31(8,9)10)29(34)15-21(24)4)25(16-22)23-17-26(30(5,6)7)28(33)14-20(23)3/h14-15,17-19,22,25,33-34H,12-13,16H2,1-11H3. The molecule has 3 unspecified atom stereocenters. The Hall–Kier alpha value is -1.96. The Morgan fingerprint density at radius 1 is 0.824 bits per heavy atom. The molecule has 0 bridgehead atoms. The Morgan fingerprint density at radius 2 is 1.32 bits per heavy atom. The van der Waals surface area contributed by atoms with Crippen LogP contribution in [0, 0.1) is 25.7 Å². The number of benzene rings is 2. The summed E-state index contributed by atoms with van der Waals surface area (Å²) in [7, 11) is 0. The van der Waals surface area contributed by atoms with Gasteiger partial charge in [-0.3, -0.25) is 0 Å². The van der Waals surface area contributed by atoms with Crippen LogP contribution in [0.1, 0.15) is 121 Å². The molecule has 0 saturated heterocycles. The summed E-state index contributed by atoms with van der Waals surface area (Å²) >= 11 is 0. The van der Waals surface area contributed by atoms with Gasteiger partial charge in [-0.05, 0) is 113 Å². The van der Waals surface area contributed by atoms with Crippen molar-refractivity contribution in [2.45, 2.75) is 118 Å². The van der Waals surface area contributed by atoms with Gasteiger partial charge >= 0.3 is 0 Å². The molecule has 2 aromatic carbocycles. The van der Waals surface area contributed by atoms with Crippen molar-refractivity contribution in [3.8, 4) is 11.5 Å². The second-order valence-corrected chi connectivity index (χ2v) is 13.7. The largest absolute Gasteiger partial charge is 0.508 e. The van der Waals surface area contributed by atoms with Crippen molar-refractivity contribution in [3.05, 3.63) is 57.6 Å². The molecule has 0 radical (unpaired) electrons. The predicted octanol–water partition coefficient (Wildman–Crippen LogP) is 8.81. The lowest BCUT2D eigenvalue weighted by Gasteiger charge is -2.48. The highest BCUT2D eigenvalue weighted by Crippen LogP contribution is 2.55. The highest BCUT2D eigenvalue weighted by atomic mass is 16.3. The van der Waals surface area contributed by atoms with E-state index >= 15 is 0 Å². The van der Waals surface area contributed by atoms with Crippen LogP contribution >= 0.6 is 0 Å². The van der Waals surface area contributed by atoms with Gasteiger partial charge in [-0.15, -0.1) is 0 Å². The highest BCUT2D eigenvalue weighted by Gasteiger charge is 2.44. The number of rotatable bonds is 3. The lowest BCUT2D eigenvalue weighted by molar-refractivity contribution is 0.171. The van der Waals surface area contributed by atoms with Crippen LogP contribution < -0.4 is 0 Å². The molecular formula is C32H48O2. The fourth-order valence-electron chi connectivity index (χ4n) is 6.33. The van der Waals surface area contributed by atoms with Crippen LogP contribution in [-0.2, 0) is 16.2 Å². The summed E-state index contributed by atoms with van der Waals surface area (Å²) in [6.07, 6.45) is 3.49. The topological polar surface area (TPSA) is 40.5 Å². The van der Waals surface area contributed by atoms with Crippen molar-refractivity contribution in [1.29, 1.82) is 0 Å². The minimum Gasteiger partial charge on any atom is -0.508 e. The first-order valence-corrected chi connectivity index (χ1v) is 13.2. The van der Waals surface area contributed by atoms with Gasteiger partial charge in [0.25, 0.3) is 0 Å². The summed E-state index contributed by atoms with van der Waals surface area (Å²) in [5, 5.41) is 21.6. The Morgan fingerprint density at radius 3 is 1.82 bits per heavy atom. The summed E-state index contributed by atoms with van der Waals surface area (Å²) in [5.41, 5.74) is 6.86. The second kappa shape index (κ2) is 8.92. The zero-order valence-electron chi connectivity index (χ0n) is 23.6. The molecule has 0 aliphatic heterocycles. The van der Waals surface area contributed by atoms with E-state index in [4.69, 9.17) is 0 Å². The van der Waals surface area contributed by atoms with Crippen LogP contribution in [0.25, 0.3) is 0 Å². The summed E-state index contributed by atoms with van der Waals surface area (Å²) in [6.45, 7) is 24.5. The van der Waals surface area contributed by atoms with E-state index in [0.717, 1.165) is 24.0 Å². The van der Waals surface area contributed by atoms with Crippen LogP contribution in [0.3, 0.4) is 0 Å². The second-order valence-electron chi connectivity index (χ2n) is 13.7. The van der Waals surface area contributed by atoms with E-state index in [1.165, 1.54) is 28.7 Å². The van der Waals surface area contributed by atoms with E-state index in [1.54, 1.807) is 0 Å². The lowest BCUT2D eigenvalue weighted by Crippen LogP contribution is -2.39. The molecule has 2 N–H and O–H groups in total. The Balaban J connectivity index is 2.27. The number of phenols is 2. The lowest BCUT2D eigenvalue weighted by atomic mass is 9.56. The van der Waals surface area contributed by atoms with E-state index in [2.05, 4.69) is 88.3 Å². The third kappa shape index (κ3) is 4.88. The molecule has 2 heteroatoms. The monoisotopic (exact) mass is 464 g/mol. The van der Waals surface area contributed by atoms with Crippen LogP contribution in [0.5, 0.6) is 11.5 Å². The van der Waals surface area contributed by atoms with Crippen molar-refractivity contribution in [1.82, 2.24) is 0 Å². The quantitative estimate of drug-likeness (QED) is 0.476. The normalized spacial score (nSPS) is 24.0. The fourth-order valence-corrected chi connectivity index (χ4v) is 6.33. The molecule has 0 spiro atoms. The minimum absolute atomic E-state index is 0.0416. The molecule has 0 heterocycles. The molecule has 0 aromatic heterocycles. The SMILES string of the molecule is Cc1cc(O)c(C(C)(C)C)cc1C1CC(C(C)C)CCC1(C)c1cc(C(C)(C)C)c(O)cc1C. The first-order chi connectivity index (χ1) is 15.5. The fraction of sp³-hybridized carbons (Fsp3) is 0.625. The van der Waals surface area contributed by atoms with E-state index < -0.39 is 0 Å². The summed E-state index contributed by atoms with van der Waals surface area (Å²) in [6, 6.07) is 8.57. The van der Waals surface area contributed by atoms with E-state index in [0.29, 0.717) is 29.3 Å². The molecule has 1 aliphatic carbocycles. The van der Waals surface area contributed by atoms with E-state index in [9.17, 15) is 10.2 Å². The molecule has 2 aromatic rings. The summed E-state index contributed by atoms with van der Waals surface area (Å²) in [4.78, 5) is 0. The van der Waals surface area contributed by atoms with Crippen molar-refractivity contribution in [2.24, 2.45) is 11.8 Å². The van der Waals surface area contributed by atoms with Crippen molar-refractivity contribution >= 4 is 0 Å². The zero-order chi connectivity index (χ0) is 25.8. The Bertz CT molecular complexity index is 1050. The highest BCUT2D eigenvalue weighted by molar-refractivity contribution is 5.52. The maximum absolute atomic E-state index is 10.8. The molecule has 1 aliphatic rings. The molecule has 0 amide bonds. The van der Waals surface area contributed by atoms with Gasteiger partial charge in [-0.1, -0.05) is 74.4 Å². The summed E-state index contributed by atoms with van der Waals surface area (Å²) < 4.78 is 0. The molecule has 3 rings (SSSR count). The van der Waals surface area contributed by atoms with Gasteiger partial charge < -0.3 is 10.2 Å². The number of phenolic OH excluding ortho intramolecular Hbond substituents is 2. The van der Waals surface area contributed by atoms with E-state index in [-0.39, 0.29) is 16.2 Å². The molecule has 2 nitrogen and oxygen atoms in total. The first-order valence-electron chi connectivity index (χ1n) is 13.2. The van der Waals surface area contributed by atoms with Crippen LogP contribution in [0.4, 0.5) is 0 Å². The average Bonchev–Trinajstić information content (AvgIpc) is 2.66. The van der Waals surface area contributed by atoms with Gasteiger partial charge in [0.05, 0.1) is 0 Å². The maximum Gasteiger partial charge on any atom is 0.119 e. The van der Waals surface area contributed by atoms with Crippen LogP contribution in [0.2, 0.25) is 0 Å². The third-order valence-corrected chi connectivity index (χ3v) is 8.62. The zero-order valence-corrected chi connectivity index (χ0v) is 23.6. The van der Waals surface area contributed by atoms with Crippen LogP contribution in [-0.4, -0.2) is 10.2 Å². The van der Waals surface area contributed by atoms with Gasteiger partial charge in [-0.25, -0.2) is 0 Å². The smallest absolute Gasteiger partial charge is 0.119 e. The predicted molar refractivity (Wildman–Crippen MR) is 145 cm³/mol. The van der Waals surface area contributed by atoms with Crippen LogP contribution in [0.15, 0.2) is 24.3 Å². The molecule has 188 valence electrons. The molecular weight excluding hydrogens is 416 g/mol. The first kappa shape index (κ1) is 26.6. The molecule has 1 saturated carbocycles. The van der Waals surface area contributed by atoms with Crippen molar-refractivity contribution in [2.75, 3.05) is 0 Å². The van der Waals surface area contributed by atoms with Crippen molar-refractivity contribution in [3.63, 3.8) is 0 Å². The van der Waals surface area contributed by atoms with Gasteiger partial charge in [0.2, 0.25) is 0 Å². The van der Waals surface area contributed by atoms with E-state index in [1.807, 2.05) is 12.1 Å². The van der Waals surface area contributed by atoms with Gasteiger partial charge in [0, 0.05) is 0 Å². The Kier molecular flexibility index (Phi) is 6.99. The Labute approximate surface area is 208 Å². The van der Waals surface area contributed by atoms with Gasteiger partial charge in [0.15, 0.2) is 0 Å². The average molecular weight is 465 g/mol. The maximum atomic E-state index is 10.8. The summed E-state index contributed by atoms with van der Waals surface area (Å²) in [5.74, 6) is 2.50. The molecule has 34 heavy (non-hydrogen) atoms.